The van der Waals surface area contributed by atoms with Gasteiger partial charge in [0.15, 0.2) is 0 Å². The Hall–Kier alpha value is -1.02. The largest absolute Gasteiger partial charge is 0.365 e. The summed E-state index contributed by atoms with van der Waals surface area (Å²) in [4.78, 5) is 2.65. The van der Waals surface area contributed by atoms with Crippen molar-refractivity contribution >= 4 is 5.69 Å². The van der Waals surface area contributed by atoms with E-state index in [9.17, 15) is 0 Å². The van der Waals surface area contributed by atoms with E-state index in [4.69, 9.17) is 0 Å². The molecule has 1 aliphatic rings. The smallest absolute Gasteiger partial charge is 0.0438 e. The van der Waals surface area contributed by atoms with Crippen molar-refractivity contribution in [3.63, 3.8) is 0 Å². The number of benzene rings is 1. The van der Waals surface area contributed by atoms with Gasteiger partial charge in [0.2, 0.25) is 0 Å². The fourth-order valence-corrected chi connectivity index (χ4v) is 3.27. The van der Waals surface area contributed by atoms with E-state index in [1.807, 2.05) is 0 Å². The second kappa shape index (κ2) is 6.00. The number of nitrogens with one attached hydrogen (secondary N) is 1. The number of hydrogen-bond acceptors (Lipinski definition) is 2. The summed E-state index contributed by atoms with van der Waals surface area (Å²) in [6, 6.07) is 7.81. The number of anilines is 1. The van der Waals surface area contributed by atoms with Crippen molar-refractivity contribution in [1.82, 2.24) is 5.32 Å². The first-order valence-electron chi connectivity index (χ1n) is 8.28. The Balaban J connectivity index is 2.36. The Morgan fingerprint density at radius 1 is 1.19 bits per heavy atom. The van der Waals surface area contributed by atoms with Crippen molar-refractivity contribution in [3.8, 4) is 0 Å². The molecule has 2 unspecified atom stereocenters. The van der Waals surface area contributed by atoms with Gasteiger partial charge < -0.3 is 10.2 Å². The maximum Gasteiger partial charge on any atom is 0.0438 e. The molecule has 1 N–H and O–H groups in total. The van der Waals surface area contributed by atoms with Crippen LogP contribution in [0, 0.1) is 25.2 Å². The van der Waals surface area contributed by atoms with Gasteiger partial charge in [0.05, 0.1) is 0 Å². The quantitative estimate of drug-likeness (QED) is 0.879. The van der Waals surface area contributed by atoms with E-state index in [1.165, 1.54) is 16.8 Å². The van der Waals surface area contributed by atoms with Crippen LogP contribution in [0.3, 0.4) is 0 Å². The molecule has 0 amide bonds. The Kier molecular flexibility index (Phi) is 4.67. The van der Waals surface area contributed by atoms with Gasteiger partial charge in [-0.15, -0.1) is 0 Å². The van der Waals surface area contributed by atoms with Gasteiger partial charge >= 0.3 is 0 Å². The van der Waals surface area contributed by atoms with Crippen molar-refractivity contribution in [2.45, 2.75) is 60.5 Å². The van der Waals surface area contributed by atoms with Gasteiger partial charge in [-0.05, 0) is 42.4 Å². The molecule has 1 aromatic rings. The number of nitrogens with zero attached hydrogens (tertiary/aromatic N) is 1. The minimum Gasteiger partial charge on any atom is -0.365 e. The van der Waals surface area contributed by atoms with Crippen LogP contribution >= 0.6 is 0 Å². The molecular formula is C19H32N2. The monoisotopic (exact) mass is 288 g/mol. The number of piperazine rings is 1. The molecule has 1 fully saturated rings. The van der Waals surface area contributed by atoms with Crippen LogP contribution in [0.5, 0.6) is 0 Å². The van der Waals surface area contributed by atoms with E-state index in [1.54, 1.807) is 0 Å². The zero-order chi connectivity index (χ0) is 15.8. The van der Waals surface area contributed by atoms with Gasteiger partial charge in [0, 0.05) is 30.9 Å². The minimum atomic E-state index is 0.290. The molecule has 0 saturated carbocycles. The number of hydrogen-bond donors (Lipinski definition) is 1. The molecular weight excluding hydrogens is 256 g/mol. The Labute approximate surface area is 130 Å². The van der Waals surface area contributed by atoms with Gasteiger partial charge in [-0.3, -0.25) is 0 Å². The standard InChI is InChI=1S/C19H32N2/c1-13(2)17-11-20-18(19(5,6)7)12-21(17)16-10-8-9-14(3)15(16)4/h8-10,13,17-18,20H,11-12H2,1-7H3. The van der Waals surface area contributed by atoms with E-state index in [-0.39, 0.29) is 5.41 Å². The summed E-state index contributed by atoms with van der Waals surface area (Å²) in [6.07, 6.45) is 0. The van der Waals surface area contributed by atoms with E-state index in [0.29, 0.717) is 18.0 Å². The Morgan fingerprint density at radius 2 is 1.86 bits per heavy atom. The van der Waals surface area contributed by atoms with Crippen LogP contribution in [0.1, 0.15) is 45.7 Å². The third-order valence-electron chi connectivity index (χ3n) is 5.05. The van der Waals surface area contributed by atoms with Crippen LogP contribution in [0.15, 0.2) is 18.2 Å². The van der Waals surface area contributed by atoms with Crippen LogP contribution in [0.4, 0.5) is 5.69 Å². The predicted molar refractivity (Wildman–Crippen MR) is 93.1 cm³/mol. The second-order valence-electron chi connectivity index (χ2n) is 8.01. The van der Waals surface area contributed by atoms with Crippen molar-refractivity contribution in [2.75, 3.05) is 18.0 Å². The van der Waals surface area contributed by atoms with Gasteiger partial charge in [-0.1, -0.05) is 46.8 Å². The molecule has 2 nitrogen and oxygen atoms in total. The number of aryl methyl sites for hydroxylation is 1. The van der Waals surface area contributed by atoms with Gasteiger partial charge in [-0.2, -0.15) is 0 Å². The van der Waals surface area contributed by atoms with E-state index in [2.05, 4.69) is 76.9 Å². The van der Waals surface area contributed by atoms with E-state index >= 15 is 0 Å². The second-order valence-corrected chi connectivity index (χ2v) is 8.01. The van der Waals surface area contributed by atoms with Crippen LogP contribution in [0.25, 0.3) is 0 Å². The molecule has 1 aliphatic heterocycles. The fraction of sp³-hybridized carbons (Fsp3) is 0.684. The lowest BCUT2D eigenvalue weighted by molar-refractivity contribution is 0.220. The van der Waals surface area contributed by atoms with E-state index < -0.39 is 0 Å². The minimum absolute atomic E-state index is 0.290. The lowest BCUT2D eigenvalue weighted by Crippen LogP contribution is -2.62. The zero-order valence-electron chi connectivity index (χ0n) is 14.8. The van der Waals surface area contributed by atoms with Crippen LogP contribution in [0.2, 0.25) is 0 Å². The molecule has 0 spiro atoms. The summed E-state index contributed by atoms with van der Waals surface area (Å²) < 4.78 is 0. The summed E-state index contributed by atoms with van der Waals surface area (Å²) >= 11 is 0. The highest BCUT2D eigenvalue weighted by atomic mass is 15.2. The third-order valence-corrected chi connectivity index (χ3v) is 5.05. The molecule has 0 radical (unpaired) electrons. The summed E-state index contributed by atoms with van der Waals surface area (Å²) in [5.41, 5.74) is 4.53. The van der Waals surface area contributed by atoms with Crippen molar-refractivity contribution < 1.29 is 0 Å². The zero-order valence-corrected chi connectivity index (χ0v) is 14.8. The van der Waals surface area contributed by atoms with Gasteiger partial charge in [-0.25, -0.2) is 0 Å². The molecule has 0 aromatic heterocycles. The molecule has 1 saturated heterocycles. The van der Waals surface area contributed by atoms with Crippen LogP contribution < -0.4 is 10.2 Å². The molecule has 0 bridgehead atoms. The lowest BCUT2D eigenvalue weighted by atomic mass is 9.83. The maximum atomic E-state index is 3.78. The lowest BCUT2D eigenvalue weighted by Gasteiger charge is -2.48. The maximum absolute atomic E-state index is 3.78. The third kappa shape index (κ3) is 3.42. The van der Waals surface area contributed by atoms with Gasteiger partial charge in [0.25, 0.3) is 0 Å². The topological polar surface area (TPSA) is 15.3 Å². The molecule has 1 heterocycles. The number of rotatable bonds is 2. The van der Waals surface area contributed by atoms with Gasteiger partial charge in [0.1, 0.15) is 0 Å². The highest BCUT2D eigenvalue weighted by Gasteiger charge is 2.35. The van der Waals surface area contributed by atoms with E-state index in [0.717, 1.165) is 13.1 Å². The molecule has 2 heteroatoms. The SMILES string of the molecule is Cc1cccc(N2CC(C(C)(C)C)NCC2C(C)C)c1C. The Bertz CT molecular complexity index is 485. The predicted octanol–water partition coefficient (Wildman–Crippen LogP) is 4.15. The highest BCUT2D eigenvalue weighted by Crippen LogP contribution is 2.32. The molecule has 2 rings (SSSR count). The molecule has 1 aromatic carbocycles. The average molecular weight is 288 g/mol. The Morgan fingerprint density at radius 3 is 2.43 bits per heavy atom. The van der Waals surface area contributed by atoms with Crippen LogP contribution in [-0.4, -0.2) is 25.2 Å². The normalized spacial score (nSPS) is 23.7. The van der Waals surface area contributed by atoms with Crippen molar-refractivity contribution in [3.05, 3.63) is 29.3 Å². The molecule has 21 heavy (non-hydrogen) atoms. The summed E-state index contributed by atoms with van der Waals surface area (Å²) in [5, 5.41) is 3.78. The fourth-order valence-electron chi connectivity index (χ4n) is 3.27. The van der Waals surface area contributed by atoms with Crippen molar-refractivity contribution in [2.24, 2.45) is 11.3 Å². The molecule has 2 atom stereocenters. The summed E-state index contributed by atoms with van der Waals surface area (Å²) in [7, 11) is 0. The van der Waals surface area contributed by atoms with Crippen molar-refractivity contribution in [1.29, 1.82) is 0 Å². The first-order chi connectivity index (χ1) is 9.71. The highest BCUT2D eigenvalue weighted by molar-refractivity contribution is 5.57. The first-order valence-corrected chi connectivity index (χ1v) is 8.28. The first kappa shape index (κ1) is 16.4. The average Bonchev–Trinajstić information content (AvgIpc) is 2.40. The molecule has 118 valence electrons. The molecule has 0 aliphatic carbocycles. The van der Waals surface area contributed by atoms with Crippen LogP contribution in [-0.2, 0) is 0 Å². The summed E-state index contributed by atoms with van der Waals surface area (Å²) in [6.45, 7) is 18.3. The summed E-state index contributed by atoms with van der Waals surface area (Å²) in [5.74, 6) is 0.651.